The first-order valence-corrected chi connectivity index (χ1v) is 11.7. The third-order valence-corrected chi connectivity index (χ3v) is 6.82. The van der Waals surface area contributed by atoms with Gasteiger partial charge in [-0.05, 0) is 50.3 Å². The van der Waals surface area contributed by atoms with Crippen molar-refractivity contribution in [2.75, 3.05) is 13.1 Å². The number of hydrogen-bond donors (Lipinski definition) is 0. The van der Waals surface area contributed by atoms with Gasteiger partial charge in [0.25, 0.3) is 5.82 Å². The topological polar surface area (TPSA) is 77.0 Å². The molecule has 7 rings (SSSR count). The van der Waals surface area contributed by atoms with Gasteiger partial charge in [0, 0.05) is 43.2 Å². The molecule has 2 bridgehead atoms. The quantitative estimate of drug-likeness (QED) is 0.406. The highest BCUT2D eigenvalue weighted by molar-refractivity contribution is 5.79. The zero-order valence-corrected chi connectivity index (χ0v) is 19.5. The first kappa shape index (κ1) is 21.4. The highest BCUT2D eigenvalue weighted by Gasteiger charge is 2.30. The summed E-state index contributed by atoms with van der Waals surface area (Å²) in [6.45, 7) is 14.0. The molecule has 174 valence electrons. The van der Waals surface area contributed by atoms with E-state index in [2.05, 4.69) is 30.9 Å². The van der Waals surface area contributed by atoms with E-state index in [0.717, 1.165) is 49.1 Å². The lowest BCUT2D eigenvalue weighted by atomic mass is 9.84. The van der Waals surface area contributed by atoms with Crippen molar-refractivity contribution in [1.82, 2.24) is 34.4 Å². The van der Waals surface area contributed by atoms with E-state index >= 15 is 0 Å². The molecule has 7 heterocycles. The number of aromatic nitrogens is 6. The molecular formula is C26H23FN8. The second-order valence-electron chi connectivity index (χ2n) is 9.13. The lowest BCUT2D eigenvalue weighted by Gasteiger charge is -2.38. The van der Waals surface area contributed by atoms with Crippen molar-refractivity contribution in [3.05, 3.63) is 76.8 Å². The molecule has 0 N–H and O–H groups in total. The van der Waals surface area contributed by atoms with Crippen LogP contribution in [-0.4, -0.2) is 47.5 Å². The second kappa shape index (κ2) is 8.24. The molecule has 0 atom stereocenters. The Hall–Kier alpha value is -4.19. The summed E-state index contributed by atoms with van der Waals surface area (Å²) in [5, 5.41) is 0. The summed E-state index contributed by atoms with van der Waals surface area (Å²) in [6, 6.07) is 5.37. The molecule has 4 aromatic rings. The summed E-state index contributed by atoms with van der Waals surface area (Å²) in [6.07, 6.45) is 7.20. The third-order valence-electron chi connectivity index (χ3n) is 6.82. The maximum absolute atomic E-state index is 14.0. The van der Waals surface area contributed by atoms with E-state index in [9.17, 15) is 4.39 Å². The largest absolute Gasteiger partial charge is 0.377 e. The molecule has 1 fully saturated rings. The summed E-state index contributed by atoms with van der Waals surface area (Å²) in [5.41, 5.74) is 5.39. The van der Waals surface area contributed by atoms with E-state index < -0.39 is 5.82 Å². The van der Waals surface area contributed by atoms with Crippen molar-refractivity contribution in [2.24, 2.45) is 5.92 Å². The maximum Gasteiger partial charge on any atom is 0.275 e. The van der Waals surface area contributed by atoms with Crippen molar-refractivity contribution in [1.29, 1.82) is 0 Å². The lowest BCUT2D eigenvalue weighted by Crippen LogP contribution is -2.35. The molecule has 35 heavy (non-hydrogen) atoms. The maximum atomic E-state index is 14.0. The van der Waals surface area contributed by atoms with Gasteiger partial charge in [0.2, 0.25) is 0 Å². The van der Waals surface area contributed by atoms with Gasteiger partial charge < -0.3 is 14.3 Å². The van der Waals surface area contributed by atoms with Gasteiger partial charge in [0.05, 0.1) is 11.9 Å². The monoisotopic (exact) mass is 466 g/mol. The molecule has 0 aliphatic carbocycles. The predicted octanol–water partition coefficient (Wildman–Crippen LogP) is 4.70. The van der Waals surface area contributed by atoms with Gasteiger partial charge in [-0.2, -0.15) is 0 Å². The van der Waals surface area contributed by atoms with Gasteiger partial charge in [-0.25, -0.2) is 19.3 Å². The minimum atomic E-state index is -0.446. The summed E-state index contributed by atoms with van der Waals surface area (Å²) < 4.78 is 15.9. The van der Waals surface area contributed by atoms with Crippen LogP contribution in [0, 0.1) is 32.2 Å². The average Bonchev–Trinajstić information content (AvgIpc) is 3.23. The highest BCUT2D eigenvalue weighted by Crippen LogP contribution is 2.38. The first-order chi connectivity index (χ1) is 17.0. The SMILES string of the molecule is [C-]#[N+]c1nc(C2=CN3CCC2CC3)ccc1Cn1c(-c2cncc(F)c2)nc2c(C)nc(C)nc21. The molecule has 3 aliphatic heterocycles. The predicted molar refractivity (Wildman–Crippen MR) is 130 cm³/mol. The number of nitrogens with zero attached hydrogens (tertiary/aromatic N) is 8. The number of rotatable bonds is 4. The van der Waals surface area contributed by atoms with Crippen LogP contribution in [0.5, 0.6) is 0 Å². The van der Waals surface area contributed by atoms with E-state index in [4.69, 9.17) is 16.5 Å². The Balaban J connectivity index is 1.47. The average molecular weight is 467 g/mol. The van der Waals surface area contributed by atoms with E-state index in [0.29, 0.717) is 46.7 Å². The van der Waals surface area contributed by atoms with E-state index in [-0.39, 0.29) is 0 Å². The van der Waals surface area contributed by atoms with Crippen molar-refractivity contribution in [2.45, 2.75) is 33.2 Å². The molecule has 1 saturated heterocycles. The molecule has 0 amide bonds. The van der Waals surface area contributed by atoms with Crippen LogP contribution in [0.3, 0.4) is 0 Å². The zero-order valence-electron chi connectivity index (χ0n) is 19.5. The number of imidazole rings is 1. The van der Waals surface area contributed by atoms with Crippen LogP contribution < -0.4 is 0 Å². The van der Waals surface area contributed by atoms with Gasteiger partial charge in [0.1, 0.15) is 23.0 Å². The Kier molecular flexibility index (Phi) is 5.02. The first-order valence-electron chi connectivity index (χ1n) is 11.7. The number of fused-ring (bicyclic) bond motifs is 3. The number of pyridine rings is 2. The zero-order chi connectivity index (χ0) is 24.1. The molecule has 0 saturated carbocycles. The summed E-state index contributed by atoms with van der Waals surface area (Å²) in [5.74, 6) is 1.55. The summed E-state index contributed by atoms with van der Waals surface area (Å²) >= 11 is 0. The second-order valence-corrected chi connectivity index (χ2v) is 9.13. The highest BCUT2D eigenvalue weighted by atomic mass is 19.1. The van der Waals surface area contributed by atoms with Crippen LogP contribution in [0.15, 0.2) is 36.8 Å². The molecule has 3 aliphatic rings. The molecule has 0 unspecified atom stereocenters. The molecule has 8 nitrogen and oxygen atoms in total. The number of halogens is 1. The number of piperidine rings is 1. The molecule has 0 radical (unpaired) electrons. The summed E-state index contributed by atoms with van der Waals surface area (Å²) in [4.78, 5) is 28.7. The third kappa shape index (κ3) is 3.71. The minimum absolute atomic E-state index is 0.317. The van der Waals surface area contributed by atoms with E-state index in [1.165, 1.54) is 11.6 Å². The van der Waals surface area contributed by atoms with Crippen LogP contribution >= 0.6 is 0 Å². The van der Waals surface area contributed by atoms with Crippen molar-refractivity contribution in [3.8, 4) is 11.4 Å². The molecular weight excluding hydrogens is 443 g/mol. The molecule has 0 aromatic carbocycles. The van der Waals surface area contributed by atoms with Crippen molar-refractivity contribution in [3.63, 3.8) is 0 Å². The van der Waals surface area contributed by atoms with Gasteiger partial charge in [-0.1, -0.05) is 12.6 Å². The smallest absolute Gasteiger partial charge is 0.275 e. The van der Waals surface area contributed by atoms with Crippen LogP contribution in [0.4, 0.5) is 10.2 Å². The van der Waals surface area contributed by atoms with Gasteiger partial charge >= 0.3 is 0 Å². The van der Waals surface area contributed by atoms with Crippen LogP contribution in [-0.2, 0) is 6.54 Å². The Morgan fingerprint density at radius 1 is 1.09 bits per heavy atom. The van der Waals surface area contributed by atoms with Gasteiger partial charge in [0.15, 0.2) is 11.3 Å². The standard InChI is InChI=1S/C26H23FN8/c1-15-23-26(31-16(2)30-15)35(25(33-23)19-10-20(27)12-29-11-19)13-18-4-5-22(32-24(18)28-3)21-14-34-8-6-17(21)7-9-34/h4-5,10-12,14,17H,6-9,13H2,1-2H3. The Morgan fingerprint density at radius 2 is 1.91 bits per heavy atom. The van der Waals surface area contributed by atoms with E-state index in [1.54, 1.807) is 6.20 Å². The fourth-order valence-electron chi connectivity index (χ4n) is 5.12. The van der Waals surface area contributed by atoms with Crippen molar-refractivity contribution >= 4 is 22.6 Å². The lowest BCUT2D eigenvalue weighted by molar-refractivity contribution is 0.252. The number of aryl methyl sites for hydroxylation is 2. The minimum Gasteiger partial charge on any atom is -0.377 e. The summed E-state index contributed by atoms with van der Waals surface area (Å²) in [7, 11) is 0. The number of allylic oxidation sites excluding steroid dienone is 1. The fraction of sp³-hybridized carbons (Fsp3) is 0.308. The van der Waals surface area contributed by atoms with Gasteiger partial charge in [-0.3, -0.25) is 4.98 Å². The van der Waals surface area contributed by atoms with Crippen LogP contribution in [0.25, 0.3) is 33.0 Å². The Bertz CT molecular complexity index is 1540. The molecule has 4 aromatic heterocycles. The van der Waals surface area contributed by atoms with Crippen LogP contribution in [0.1, 0.15) is 35.6 Å². The number of hydrogen-bond acceptors (Lipinski definition) is 6. The Morgan fingerprint density at radius 3 is 2.63 bits per heavy atom. The van der Waals surface area contributed by atoms with Crippen LogP contribution in [0.2, 0.25) is 0 Å². The van der Waals surface area contributed by atoms with Gasteiger partial charge in [-0.15, -0.1) is 4.98 Å². The normalized spacial score (nSPS) is 15.5. The van der Waals surface area contributed by atoms with E-state index in [1.807, 2.05) is 30.5 Å². The fourth-order valence-corrected chi connectivity index (χ4v) is 5.12. The molecule has 0 spiro atoms. The molecule has 9 heteroatoms. The van der Waals surface area contributed by atoms with Crippen molar-refractivity contribution < 1.29 is 4.39 Å². The Labute approximate surface area is 202 Å².